The zero-order chi connectivity index (χ0) is 30.2. The van der Waals surface area contributed by atoms with Crippen LogP contribution < -0.4 is 16.0 Å². The second-order valence-electron chi connectivity index (χ2n) is 10.2. The van der Waals surface area contributed by atoms with E-state index < -0.39 is 17.7 Å². The fourth-order valence-electron chi connectivity index (χ4n) is 4.19. The third kappa shape index (κ3) is 9.25. The quantitative estimate of drug-likeness (QED) is 0.182. The molecule has 0 aromatic heterocycles. The number of allylic oxidation sites excluding steroid dienone is 2. The third-order valence-electron chi connectivity index (χ3n) is 7.09. The van der Waals surface area contributed by atoms with Gasteiger partial charge in [-0.2, -0.15) is 13.2 Å². The highest BCUT2D eigenvalue weighted by molar-refractivity contribution is 6.06. The van der Waals surface area contributed by atoms with E-state index in [-0.39, 0.29) is 23.9 Å². The van der Waals surface area contributed by atoms with Crippen LogP contribution in [0.4, 0.5) is 24.5 Å². The molecule has 4 rings (SSSR count). The van der Waals surface area contributed by atoms with Crippen LogP contribution in [0.2, 0.25) is 0 Å². The molecule has 0 heterocycles. The van der Waals surface area contributed by atoms with E-state index in [1.54, 1.807) is 60.7 Å². The number of alkyl halides is 3. The lowest BCUT2D eigenvalue weighted by Crippen LogP contribution is -2.29. The van der Waals surface area contributed by atoms with Crippen LogP contribution >= 0.6 is 0 Å². The first kappa shape index (κ1) is 31.5. The molecule has 0 saturated heterocycles. The van der Waals surface area contributed by atoms with E-state index in [2.05, 4.69) is 18.8 Å². The van der Waals surface area contributed by atoms with Crippen LogP contribution in [0.25, 0.3) is 0 Å². The summed E-state index contributed by atoms with van der Waals surface area (Å²) in [5, 5.41) is 12.5. The van der Waals surface area contributed by atoms with Crippen molar-refractivity contribution < 1.29 is 23.1 Å². The molecule has 1 aliphatic rings. The van der Waals surface area contributed by atoms with Crippen LogP contribution in [0.15, 0.2) is 96.7 Å². The van der Waals surface area contributed by atoms with Crippen molar-refractivity contribution in [2.24, 2.45) is 11.7 Å². The summed E-state index contributed by atoms with van der Waals surface area (Å²) < 4.78 is 39.9. The number of aromatic hydroxyl groups is 1. The number of carbonyl (C=O) groups excluding carboxylic acids is 1. The molecule has 8 heteroatoms. The summed E-state index contributed by atoms with van der Waals surface area (Å²) in [6.07, 6.45) is 0.471. The Morgan fingerprint density at radius 2 is 1.73 bits per heavy atom. The van der Waals surface area contributed by atoms with Gasteiger partial charge in [0.05, 0.1) is 5.57 Å². The Balaban J connectivity index is 0.000000832. The van der Waals surface area contributed by atoms with Crippen LogP contribution in [0, 0.1) is 5.92 Å². The van der Waals surface area contributed by atoms with Crippen molar-refractivity contribution in [3.8, 4) is 5.75 Å². The first-order chi connectivity index (χ1) is 19.4. The van der Waals surface area contributed by atoms with E-state index in [1.807, 2.05) is 19.1 Å². The van der Waals surface area contributed by atoms with E-state index in [4.69, 9.17) is 5.73 Å². The Morgan fingerprint density at radius 3 is 2.29 bits per heavy atom. The third-order valence-corrected chi connectivity index (χ3v) is 7.09. The van der Waals surface area contributed by atoms with Crippen molar-refractivity contribution >= 4 is 17.3 Å². The van der Waals surface area contributed by atoms with E-state index >= 15 is 0 Å². The number of hydrogen-bond donors (Lipinski definition) is 3. The average molecular weight is 566 g/mol. The van der Waals surface area contributed by atoms with Gasteiger partial charge in [0.2, 0.25) is 0 Å². The van der Waals surface area contributed by atoms with Gasteiger partial charge >= 0.3 is 6.18 Å². The molecule has 0 aliphatic heterocycles. The molecular weight excluding hydrogens is 527 g/mol. The van der Waals surface area contributed by atoms with Gasteiger partial charge in [-0.1, -0.05) is 76.1 Å². The van der Waals surface area contributed by atoms with Crippen molar-refractivity contribution in [2.45, 2.75) is 51.7 Å². The Morgan fingerprint density at radius 1 is 1.10 bits per heavy atom. The molecule has 5 nitrogen and oxygen atoms in total. The van der Waals surface area contributed by atoms with E-state index in [9.17, 15) is 23.1 Å². The number of hydrogen-bond acceptors (Lipinski definition) is 4. The van der Waals surface area contributed by atoms with Crippen LogP contribution in [0.3, 0.4) is 0 Å². The second-order valence-corrected chi connectivity index (χ2v) is 10.2. The lowest BCUT2D eigenvalue weighted by atomic mass is 9.93. The number of nitrogens with zero attached hydrogens (tertiary/aromatic N) is 1. The number of nitrogens with two attached hydrogens (primary N) is 1. The maximum atomic E-state index is 13.3. The predicted molar refractivity (Wildman–Crippen MR) is 160 cm³/mol. The summed E-state index contributed by atoms with van der Waals surface area (Å²) >= 11 is 0. The Bertz CT molecular complexity index is 1380. The normalized spacial score (nSPS) is 14.0. The molecule has 3 aromatic rings. The average Bonchev–Trinajstić information content (AvgIpc) is 3.80. The molecule has 0 radical (unpaired) electrons. The zero-order valence-corrected chi connectivity index (χ0v) is 23.7. The maximum Gasteiger partial charge on any atom is 0.415 e. The van der Waals surface area contributed by atoms with Gasteiger partial charge in [-0.05, 0) is 65.1 Å². The highest BCUT2D eigenvalue weighted by Gasteiger charge is 2.32. The minimum atomic E-state index is -4.69. The van der Waals surface area contributed by atoms with Gasteiger partial charge in [-0.3, -0.25) is 4.79 Å². The Labute approximate surface area is 240 Å². The topological polar surface area (TPSA) is 78.6 Å². The first-order valence-corrected chi connectivity index (χ1v) is 13.6. The van der Waals surface area contributed by atoms with Gasteiger partial charge in [-0.25, -0.2) is 0 Å². The fourth-order valence-corrected chi connectivity index (χ4v) is 4.19. The van der Waals surface area contributed by atoms with Crippen molar-refractivity contribution in [3.63, 3.8) is 0 Å². The van der Waals surface area contributed by atoms with E-state index in [1.165, 1.54) is 31.2 Å². The van der Waals surface area contributed by atoms with Crippen molar-refractivity contribution in [2.75, 3.05) is 17.3 Å². The van der Waals surface area contributed by atoms with Crippen LogP contribution in [0.5, 0.6) is 5.75 Å². The molecule has 3 aromatic carbocycles. The molecule has 1 amide bonds. The number of nitrogens with one attached hydrogen (secondary N) is 1. The second kappa shape index (κ2) is 14.0. The highest BCUT2D eigenvalue weighted by atomic mass is 19.4. The number of phenols is 1. The van der Waals surface area contributed by atoms with Gasteiger partial charge in [0, 0.05) is 30.9 Å². The number of amides is 1. The maximum absolute atomic E-state index is 13.3. The SMILES string of the molecule is C=C(/C=C(/C(=O)Nc1cccc(C(C)c2cccc(O)c2)c1)N(C)c1cccc(CN)c1)C(F)(F)F.CCC1CC1. The van der Waals surface area contributed by atoms with Crippen LogP contribution in [-0.4, -0.2) is 24.2 Å². The van der Waals surface area contributed by atoms with E-state index in [0.717, 1.165) is 28.7 Å². The predicted octanol–water partition coefficient (Wildman–Crippen LogP) is 7.89. The number of carbonyl (C=O) groups is 1. The molecule has 1 fully saturated rings. The summed E-state index contributed by atoms with van der Waals surface area (Å²) in [4.78, 5) is 14.6. The lowest BCUT2D eigenvalue weighted by Gasteiger charge is -2.24. The van der Waals surface area contributed by atoms with Gasteiger partial charge in [0.1, 0.15) is 11.4 Å². The molecule has 0 spiro atoms. The van der Waals surface area contributed by atoms with Crippen LogP contribution in [0.1, 0.15) is 55.7 Å². The molecule has 1 unspecified atom stereocenters. The molecular formula is C33H38F3N3O2. The van der Waals surface area contributed by atoms with E-state index in [0.29, 0.717) is 11.4 Å². The molecule has 41 heavy (non-hydrogen) atoms. The summed E-state index contributed by atoms with van der Waals surface area (Å²) in [5.41, 5.74) is 7.71. The first-order valence-electron chi connectivity index (χ1n) is 13.6. The number of halogens is 3. The molecule has 4 N–H and O–H groups in total. The zero-order valence-electron chi connectivity index (χ0n) is 23.7. The summed E-state index contributed by atoms with van der Waals surface area (Å²) in [7, 11) is 1.51. The number of phenolic OH excluding ortho intramolecular Hbond substituents is 1. The fraction of sp³-hybridized carbons (Fsp3) is 0.303. The standard InChI is InChI=1S/C28H28F3N3O2.C5H10/c1-18(28(29,30)31)13-26(34(3)24-11-4-7-20(14-24)17-32)27(36)33-23-10-5-8-21(15-23)19(2)22-9-6-12-25(35)16-22;1-2-5-3-4-5/h4-16,19,35H,1,17,32H2,2-3H3,(H,33,36);5H,2-4H2,1H3/b26-13-;. The number of benzene rings is 3. The number of likely N-dealkylation sites (N-methyl/N-ethyl adjacent to an activating group) is 1. The van der Waals surface area contributed by atoms with Gasteiger partial charge in [0.25, 0.3) is 5.91 Å². The van der Waals surface area contributed by atoms with Gasteiger partial charge < -0.3 is 21.1 Å². The molecule has 0 bridgehead atoms. The van der Waals surface area contributed by atoms with Crippen LogP contribution in [-0.2, 0) is 11.3 Å². The lowest BCUT2D eigenvalue weighted by molar-refractivity contribution is -0.112. The molecule has 1 atom stereocenters. The number of anilines is 2. The largest absolute Gasteiger partial charge is 0.508 e. The Kier molecular flexibility index (Phi) is 10.8. The molecule has 1 aliphatic carbocycles. The summed E-state index contributed by atoms with van der Waals surface area (Å²) in [6.45, 7) is 7.55. The monoisotopic (exact) mass is 565 g/mol. The molecule has 218 valence electrons. The number of rotatable bonds is 9. The minimum Gasteiger partial charge on any atom is -0.508 e. The van der Waals surface area contributed by atoms with Crippen molar-refractivity contribution in [1.82, 2.24) is 0 Å². The van der Waals surface area contributed by atoms with Crippen molar-refractivity contribution in [3.05, 3.63) is 113 Å². The molecule has 1 saturated carbocycles. The highest BCUT2D eigenvalue weighted by Crippen LogP contribution is 2.32. The summed E-state index contributed by atoms with van der Waals surface area (Å²) in [6, 6.07) is 20.8. The summed E-state index contributed by atoms with van der Waals surface area (Å²) in [5.74, 6) is 0.444. The minimum absolute atomic E-state index is 0.101. The smallest absolute Gasteiger partial charge is 0.415 e. The van der Waals surface area contributed by atoms with Gasteiger partial charge in [-0.15, -0.1) is 0 Å². The van der Waals surface area contributed by atoms with Gasteiger partial charge in [0.15, 0.2) is 0 Å². The van der Waals surface area contributed by atoms with Crippen molar-refractivity contribution in [1.29, 1.82) is 0 Å². The Hall–Kier alpha value is -4.04.